The first-order valence-corrected chi connectivity index (χ1v) is 12.9. The quantitative estimate of drug-likeness (QED) is 0.341. The third-order valence-corrected chi connectivity index (χ3v) is 6.90. The Kier molecular flexibility index (Phi) is 10.7. The molecule has 3 rings (SSSR count). The van der Waals surface area contributed by atoms with Gasteiger partial charge in [-0.15, -0.1) is 0 Å². The summed E-state index contributed by atoms with van der Waals surface area (Å²) in [5, 5.41) is 6.86. The Labute approximate surface area is 230 Å². The van der Waals surface area contributed by atoms with Crippen LogP contribution in [0.1, 0.15) is 31.4 Å². The number of rotatable bonds is 10. The summed E-state index contributed by atoms with van der Waals surface area (Å²) in [6, 6.07) is 13.2. The van der Waals surface area contributed by atoms with Gasteiger partial charge in [-0.1, -0.05) is 48.5 Å². The van der Waals surface area contributed by atoms with Crippen molar-refractivity contribution in [2.24, 2.45) is 0 Å². The molecule has 0 bridgehead atoms. The highest BCUT2D eigenvalue weighted by molar-refractivity contribution is 5.90. The topological polar surface area (TPSA) is 108 Å². The van der Waals surface area contributed by atoms with Crippen LogP contribution >= 0.6 is 0 Å². The maximum atomic E-state index is 13.4. The molecular weight excluding hydrogens is 529 g/mol. The standard InChI is InChI=1S/C28H33F3N4O5/c1-19(22-10-5-8-20-7-3-4-9-23(20)22)34-15-12-21(13-16-34)35(27(39)28(29,30)31)18-25(37)33-17-24(36)32-14-6-11-26(38)40-2/h3-11,19,21H,12-18H2,1-2H3,(H,32,36)(H,33,37)/b11-6+. The largest absolute Gasteiger partial charge is 0.471 e. The van der Waals surface area contributed by atoms with Crippen molar-refractivity contribution >= 4 is 34.5 Å². The number of hydrogen-bond acceptors (Lipinski definition) is 6. The second kappa shape index (κ2) is 13.9. The Balaban J connectivity index is 1.58. The van der Waals surface area contributed by atoms with Gasteiger partial charge in [-0.2, -0.15) is 13.2 Å². The van der Waals surface area contributed by atoms with Crippen LogP contribution < -0.4 is 10.6 Å². The van der Waals surface area contributed by atoms with E-state index in [1.54, 1.807) is 0 Å². The number of esters is 1. The van der Waals surface area contributed by atoms with E-state index in [0.717, 1.165) is 22.4 Å². The van der Waals surface area contributed by atoms with Crippen molar-refractivity contribution in [3.8, 4) is 0 Å². The van der Waals surface area contributed by atoms with Gasteiger partial charge in [0.15, 0.2) is 0 Å². The van der Waals surface area contributed by atoms with Gasteiger partial charge in [-0.3, -0.25) is 19.3 Å². The smallest absolute Gasteiger partial charge is 0.466 e. The highest BCUT2D eigenvalue weighted by Crippen LogP contribution is 2.31. The molecule has 40 heavy (non-hydrogen) atoms. The van der Waals surface area contributed by atoms with Crippen LogP contribution in [0.25, 0.3) is 10.8 Å². The van der Waals surface area contributed by atoms with Crippen LogP contribution in [0.4, 0.5) is 13.2 Å². The number of carbonyl (C=O) groups excluding carboxylic acids is 4. The molecule has 216 valence electrons. The molecule has 1 unspecified atom stereocenters. The summed E-state index contributed by atoms with van der Waals surface area (Å²) in [7, 11) is 1.20. The van der Waals surface area contributed by atoms with Crippen molar-refractivity contribution in [2.75, 3.05) is 39.8 Å². The summed E-state index contributed by atoms with van der Waals surface area (Å²) in [5.74, 6) is -4.19. The van der Waals surface area contributed by atoms with E-state index in [1.807, 2.05) is 49.4 Å². The number of ether oxygens (including phenoxy) is 1. The predicted molar refractivity (Wildman–Crippen MR) is 142 cm³/mol. The summed E-state index contributed by atoms with van der Waals surface area (Å²) in [5.41, 5.74) is 1.11. The number of halogens is 3. The Bertz CT molecular complexity index is 1240. The van der Waals surface area contributed by atoms with Crippen molar-refractivity contribution in [1.82, 2.24) is 20.4 Å². The number of carbonyl (C=O) groups is 4. The SMILES string of the molecule is COC(=O)/C=C/CNC(=O)CNC(=O)CN(C(=O)C(F)(F)F)C1CCN(C(C)c2cccc3ccccc23)CC1. The number of nitrogens with zero attached hydrogens (tertiary/aromatic N) is 2. The lowest BCUT2D eigenvalue weighted by atomic mass is 9.95. The number of benzene rings is 2. The van der Waals surface area contributed by atoms with Gasteiger partial charge in [0.1, 0.15) is 6.54 Å². The van der Waals surface area contributed by atoms with Gasteiger partial charge in [0.25, 0.3) is 0 Å². The number of piperidine rings is 1. The van der Waals surface area contributed by atoms with Gasteiger partial charge in [0.2, 0.25) is 11.8 Å². The van der Waals surface area contributed by atoms with E-state index in [4.69, 9.17) is 0 Å². The minimum Gasteiger partial charge on any atom is -0.466 e. The second-order valence-electron chi connectivity index (χ2n) is 9.45. The van der Waals surface area contributed by atoms with E-state index in [2.05, 4.69) is 20.3 Å². The highest BCUT2D eigenvalue weighted by Gasteiger charge is 2.45. The van der Waals surface area contributed by atoms with Gasteiger partial charge < -0.3 is 20.3 Å². The number of nitrogens with one attached hydrogen (secondary N) is 2. The van der Waals surface area contributed by atoms with Crippen LogP contribution in [-0.2, 0) is 23.9 Å². The zero-order chi connectivity index (χ0) is 29.3. The number of methoxy groups -OCH3 is 1. The third-order valence-electron chi connectivity index (χ3n) is 6.90. The third kappa shape index (κ3) is 8.28. The molecule has 3 amide bonds. The molecule has 1 atom stereocenters. The molecule has 9 nitrogen and oxygen atoms in total. The number of likely N-dealkylation sites (tertiary alicyclic amines) is 1. The molecule has 1 heterocycles. The Morgan fingerprint density at radius 3 is 2.40 bits per heavy atom. The first-order chi connectivity index (χ1) is 19.0. The summed E-state index contributed by atoms with van der Waals surface area (Å²) in [6.45, 7) is 1.60. The zero-order valence-corrected chi connectivity index (χ0v) is 22.4. The van der Waals surface area contributed by atoms with Gasteiger partial charge in [-0.25, -0.2) is 4.79 Å². The lowest BCUT2D eigenvalue weighted by Gasteiger charge is -2.41. The Hall–Kier alpha value is -3.93. The molecule has 1 aliphatic heterocycles. The Morgan fingerprint density at radius 2 is 1.73 bits per heavy atom. The van der Waals surface area contributed by atoms with Crippen molar-refractivity contribution in [2.45, 2.75) is 38.0 Å². The molecule has 2 aromatic carbocycles. The van der Waals surface area contributed by atoms with Gasteiger partial charge in [0, 0.05) is 37.8 Å². The van der Waals surface area contributed by atoms with Crippen LogP contribution in [0.2, 0.25) is 0 Å². The van der Waals surface area contributed by atoms with Crippen molar-refractivity contribution < 1.29 is 37.1 Å². The molecule has 1 saturated heterocycles. The fourth-order valence-corrected chi connectivity index (χ4v) is 4.77. The minimum absolute atomic E-state index is 0.00286. The average Bonchev–Trinajstić information content (AvgIpc) is 2.95. The van der Waals surface area contributed by atoms with E-state index in [9.17, 15) is 32.3 Å². The molecule has 0 saturated carbocycles. The van der Waals surface area contributed by atoms with Crippen LogP contribution in [-0.4, -0.2) is 85.5 Å². The van der Waals surface area contributed by atoms with Crippen LogP contribution in [0, 0.1) is 0 Å². The predicted octanol–water partition coefficient (Wildman–Crippen LogP) is 2.72. The van der Waals surface area contributed by atoms with Gasteiger partial charge in [-0.05, 0) is 36.1 Å². The lowest BCUT2D eigenvalue weighted by molar-refractivity contribution is -0.189. The average molecular weight is 563 g/mol. The zero-order valence-electron chi connectivity index (χ0n) is 22.4. The number of hydrogen-bond donors (Lipinski definition) is 2. The molecule has 0 radical (unpaired) electrons. The van der Waals surface area contributed by atoms with Gasteiger partial charge >= 0.3 is 18.1 Å². The van der Waals surface area contributed by atoms with E-state index in [1.165, 1.54) is 13.2 Å². The monoisotopic (exact) mass is 562 g/mol. The highest BCUT2D eigenvalue weighted by atomic mass is 19.4. The van der Waals surface area contributed by atoms with Gasteiger partial charge in [0.05, 0.1) is 13.7 Å². The van der Waals surface area contributed by atoms with E-state index in [0.29, 0.717) is 18.0 Å². The van der Waals surface area contributed by atoms with Crippen molar-refractivity contribution in [3.63, 3.8) is 0 Å². The van der Waals surface area contributed by atoms with Crippen LogP contribution in [0.3, 0.4) is 0 Å². The fourth-order valence-electron chi connectivity index (χ4n) is 4.77. The molecule has 2 aromatic rings. The van der Waals surface area contributed by atoms with Crippen molar-refractivity contribution in [3.05, 3.63) is 60.2 Å². The van der Waals surface area contributed by atoms with E-state index in [-0.39, 0.29) is 25.4 Å². The maximum absolute atomic E-state index is 13.4. The van der Waals surface area contributed by atoms with Crippen LogP contribution in [0.15, 0.2) is 54.6 Å². The van der Waals surface area contributed by atoms with E-state index >= 15 is 0 Å². The molecule has 2 N–H and O–H groups in total. The van der Waals surface area contributed by atoms with Crippen LogP contribution in [0.5, 0.6) is 0 Å². The number of fused-ring (bicyclic) bond motifs is 1. The molecule has 0 aromatic heterocycles. The summed E-state index contributed by atoms with van der Waals surface area (Å²) in [6.07, 6.45) is -2.18. The summed E-state index contributed by atoms with van der Waals surface area (Å²) >= 11 is 0. The van der Waals surface area contributed by atoms with E-state index < -0.39 is 49.0 Å². The number of amides is 3. The molecule has 0 aliphatic carbocycles. The first kappa shape index (κ1) is 30.6. The maximum Gasteiger partial charge on any atom is 0.471 e. The van der Waals surface area contributed by atoms with Crippen molar-refractivity contribution in [1.29, 1.82) is 0 Å². The first-order valence-electron chi connectivity index (χ1n) is 12.9. The minimum atomic E-state index is -5.14. The molecule has 1 fully saturated rings. The Morgan fingerprint density at radius 1 is 1.05 bits per heavy atom. The molecular formula is C28H33F3N4O5. The summed E-state index contributed by atoms with van der Waals surface area (Å²) in [4.78, 5) is 50.3. The molecule has 1 aliphatic rings. The summed E-state index contributed by atoms with van der Waals surface area (Å²) < 4.78 is 44.6. The lowest BCUT2D eigenvalue weighted by Crippen LogP contribution is -2.54. The molecule has 12 heteroatoms. The molecule has 0 spiro atoms. The fraction of sp³-hybridized carbons (Fsp3) is 0.429. The second-order valence-corrected chi connectivity index (χ2v) is 9.45. The number of alkyl halides is 3. The normalized spacial score (nSPS) is 15.5.